The fraction of sp³-hybridized carbons (Fsp3) is 0.263. The van der Waals surface area contributed by atoms with Gasteiger partial charge in [-0.25, -0.2) is 9.18 Å². The normalized spacial score (nSPS) is 13.9. The number of halogens is 2. The van der Waals surface area contributed by atoms with Crippen molar-refractivity contribution in [3.05, 3.63) is 69.0 Å². The second kappa shape index (κ2) is 8.87. The topological polar surface area (TPSA) is 93.0 Å². The number of nitro benzene ring substituents is 1. The molecule has 1 fully saturated rings. The lowest BCUT2D eigenvalue weighted by molar-refractivity contribution is -0.384. The number of para-hydroxylation sites is 1. The van der Waals surface area contributed by atoms with Crippen LogP contribution in [0, 0.1) is 15.9 Å². The van der Waals surface area contributed by atoms with Crippen LogP contribution >= 0.6 is 11.6 Å². The maximum Gasteiger partial charge on any atom is 0.338 e. The molecule has 0 radical (unpaired) electrons. The number of carbonyl (C=O) groups is 2. The molecule has 1 amide bonds. The summed E-state index contributed by atoms with van der Waals surface area (Å²) in [5.74, 6) is -1.57. The molecule has 0 atom stereocenters. The van der Waals surface area contributed by atoms with Gasteiger partial charge in [0.15, 0.2) is 6.61 Å². The van der Waals surface area contributed by atoms with Gasteiger partial charge in [0, 0.05) is 32.2 Å². The van der Waals surface area contributed by atoms with E-state index in [1.807, 2.05) is 4.90 Å². The molecule has 1 aliphatic rings. The molecule has 0 saturated carbocycles. The van der Waals surface area contributed by atoms with Gasteiger partial charge in [-0.05, 0) is 24.3 Å². The van der Waals surface area contributed by atoms with Crippen molar-refractivity contribution in [3.63, 3.8) is 0 Å². The van der Waals surface area contributed by atoms with Gasteiger partial charge in [0.2, 0.25) is 0 Å². The number of hydrogen-bond donors (Lipinski definition) is 0. The van der Waals surface area contributed by atoms with Crippen LogP contribution in [0.15, 0.2) is 42.5 Å². The van der Waals surface area contributed by atoms with Crippen molar-refractivity contribution in [2.75, 3.05) is 37.7 Å². The van der Waals surface area contributed by atoms with Crippen molar-refractivity contribution >= 4 is 34.9 Å². The Morgan fingerprint density at radius 1 is 1.14 bits per heavy atom. The minimum atomic E-state index is -0.858. The summed E-state index contributed by atoms with van der Waals surface area (Å²) in [6.07, 6.45) is 0. The van der Waals surface area contributed by atoms with Crippen LogP contribution in [0.5, 0.6) is 0 Å². The summed E-state index contributed by atoms with van der Waals surface area (Å²) in [5, 5.41) is 10.8. The van der Waals surface area contributed by atoms with Crippen LogP contribution in [0.4, 0.5) is 15.8 Å². The van der Waals surface area contributed by atoms with Crippen LogP contribution in [-0.2, 0) is 9.53 Å². The van der Waals surface area contributed by atoms with E-state index in [0.29, 0.717) is 31.9 Å². The quantitative estimate of drug-likeness (QED) is 0.418. The SMILES string of the molecule is O=C(OCC(=O)N1CCN(c2ccccc2F)CC1)c1ccc(Cl)c([N+](=O)[O-])c1. The van der Waals surface area contributed by atoms with E-state index in [1.54, 1.807) is 18.2 Å². The Kier molecular flexibility index (Phi) is 6.28. The van der Waals surface area contributed by atoms with Gasteiger partial charge < -0.3 is 14.5 Å². The van der Waals surface area contributed by atoms with Crippen LogP contribution < -0.4 is 4.90 Å². The third kappa shape index (κ3) is 4.80. The van der Waals surface area contributed by atoms with E-state index in [0.717, 1.165) is 6.07 Å². The molecule has 0 aliphatic carbocycles. The maximum absolute atomic E-state index is 13.9. The van der Waals surface area contributed by atoms with Gasteiger partial charge in [0.1, 0.15) is 10.8 Å². The van der Waals surface area contributed by atoms with Gasteiger partial charge in [-0.3, -0.25) is 14.9 Å². The van der Waals surface area contributed by atoms with Gasteiger partial charge in [0.05, 0.1) is 16.2 Å². The highest BCUT2D eigenvalue weighted by Gasteiger charge is 2.24. The first-order chi connectivity index (χ1) is 13.9. The Morgan fingerprint density at radius 2 is 1.83 bits per heavy atom. The number of benzene rings is 2. The highest BCUT2D eigenvalue weighted by Crippen LogP contribution is 2.25. The Bertz CT molecular complexity index is 947. The third-order valence-electron chi connectivity index (χ3n) is 4.53. The number of ether oxygens (including phenoxy) is 1. The summed E-state index contributed by atoms with van der Waals surface area (Å²) in [5.41, 5.74) is -0.00894. The van der Waals surface area contributed by atoms with E-state index in [9.17, 15) is 24.1 Å². The predicted octanol–water partition coefficient (Wildman–Crippen LogP) is 2.89. The second-order valence-corrected chi connectivity index (χ2v) is 6.73. The van der Waals surface area contributed by atoms with E-state index in [1.165, 1.54) is 23.1 Å². The molecule has 0 aromatic heterocycles. The second-order valence-electron chi connectivity index (χ2n) is 6.32. The Hall–Kier alpha value is -3.20. The molecule has 2 aromatic rings. The number of amides is 1. The third-order valence-corrected chi connectivity index (χ3v) is 4.85. The zero-order valence-electron chi connectivity index (χ0n) is 15.2. The molecule has 152 valence electrons. The molecule has 1 heterocycles. The van der Waals surface area contributed by atoms with Crippen LogP contribution in [0.25, 0.3) is 0 Å². The zero-order valence-corrected chi connectivity index (χ0v) is 16.0. The summed E-state index contributed by atoms with van der Waals surface area (Å²) < 4.78 is 18.9. The standard InChI is InChI=1S/C19H17ClFN3O5/c20-14-6-5-13(11-17(14)24(27)28)19(26)29-12-18(25)23-9-7-22(8-10-23)16-4-2-1-3-15(16)21/h1-6,11H,7-10,12H2. The smallest absolute Gasteiger partial charge is 0.338 e. The van der Waals surface area contributed by atoms with Crippen molar-refractivity contribution in [1.82, 2.24) is 4.90 Å². The van der Waals surface area contributed by atoms with Crippen LogP contribution in [0.2, 0.25) is 5.02 Å². The molecule has 0 N–H and O–H groups in total. The number of piperazine rings is 1. The average Bonchev–Trinajstić information content (AvgIpc) is 2.72. The minimum Gasteiger partial charge on any atom is -0.452 e. The van der Waals surface area contributed by atoms with Crippen LogP contribution in [0.1, 0.15) is 10.4 Å². The molecule has 3 rings (SSSR count). The summed E-state index contributed by atoms with van der Waals surface area (Å²) in [6.45, 7) is 1.12. The van der Waals surface area contributed by atoms with Gasteiger partial charge >= 0.3 is 5.97 Å². The molecule has 0 unspecified atom stereocenters. The molecule has 8 nitrogen and oxygen atoms in total. The van der Waals surface area contributed by atoms with Crippen LogP contribution in [-0.4, -0.2) is 54.5 Å². The molecule has 10 heteroatoms. The molecule has 0 bridgehead atoms. The van der Waals surface area contributed by atoms with Crippen molar-refractivity contribution in [3.8, 4) is 0 Å². The van der Waals surface area contributed by atoms with E-state index in [4.69, 9.17) is 16.3 Å². The van der Waals surface area contributed by atoms with E-state index in [2.05, 4.69) is 0 Å². The number of anilines is 1. The summed E-state index contributed by atoms with van der Waals surface area (Å²) in [6, 6.07) is 9.93. The molecule has 1 aliphatic heterocycles. The number of rotatable bonds is 5. The lowest BCUT2D eigenvalue weighted by Crippen LogP contribution is -2.50. The van der Waals surface area contributed by atoms with Crippen molar-refractivity contribution in [2.24, 2.45) is 0 Å². The monoisotopic (exact) mass is 421 g/mol. The summed E-state index contributed by atoms with van der Waals surface area (Å²) in [4.78, 5) is 37.9. The number of carbonyl (C=O) groups excluding carboxylic acids is 2. The maximum atomic E-state index is 13.9. The van der Waals surface area contributed by atoms with Gasteiger partial charge in [-0.15, -0.1) is 0 Å². The molecule has 1 saturated heterocycles. The van der Waals surface area contributed by atoms with E-state index in [-0.39, 0.29) is 16.4 Å². The fourth-order valence-electron chi connectivity index (χ4n) is 2.99. The number of nitrogens with zero attached hydrogens (tertiary/aromatic N) is 3. The predicted molar refractivity (Wildman–Crippen MR) is 104 cm³/mol. The Labute approximate surface area is 170 Å². The van der Waals surface area contributed by atoms with E-state index >= 15 is 0 Å². The first kappa shape index (κ1) is 20.5. The van der Waals surface area contributed by atoms with Crippen molar-refractivity contribution in [2.45, 2.75) is 0 Å². The molecule has 29 heavy (non-hydrogen) atoms. The summed E-state index contributed by atoms with van der Waals surface area (Å²) >= 11 is 5.71. The first-order valence-corrected chi connectivity index (χ1v) is 9.13. The van der Waals surface area contributed by atoms with E-state index < -0.39 is 29.1 Å². The average molecular weight is 422 g/mol. The lowest BCUT2D eigenvalue weighted by atomic mass is 10.2. The van der Waals surface area contributed by atoms with Gasteiger partial charge in [-0.1, -0.05) is 23.7 Å². The first-order valence-electron chi connectivity index (χ1n) is 8.75. The Balaban J connectivity index is 1.53. The lowest BCUT2D eigenvalue weighted by Gasteiger charge is -2.36. The fourth-order valence-corrected chi connectivity index (χ4v) is 3.17. The van der Waals surface area contributed by atoms with Crippen molar-refractivity contribution in [1.29, 1.82) is 0 Å². The number of hydrogen-bond acceptors (Lipinski definition) is 6. The zero-order chi connectivity index (χ0) is 21.0. The molecule has 2 aromatic carbocycles. The summed E-state index contributed by atoms with van der Waals surface area (Å²) in [7, 11) is 0. The largest absolute Gasteiger partial charge is 0.452 e. The number of esters is 1. The van der Waals surface area contributed by atoms with Crippen LogP contribution in [0.3, 0.4) is 0 Å². The van der Waals surface area contributed by atoms with Crippen molar-refractivity contribution < 1.29 is 23.6 Å². The Morgan fingerprint density at radius 3 is 2.48 bits per heavy atom. The molecule has 0 spiro atoms. The highest BCUT2D eigenvalue weighted by atomic mass is 35.5. The minimum absolute atomic E-state index is 0.0710. The number of nitro groups is 1. The van der Waals surface area contributed by atoms with Gasteiger partial charge in [-0.2, -0.15) is 0 Å². The van der Waals surface area contributed by atoms with Gasteiger partial charge in [0.25, 0.3) is 11.6 Å². The molecular formula is C19H17ClFN3O5. The molecular weight excluding hydrogens is 405 g/mol. The highest BCUT2D eigenvalue weighted by molar-refractivity contribution is 6.32.